The molecule has 28 heavy (non-hydrogen) atoms. The predicted molar refractivity (Wildman–Crippen MR) is 114 cm³/mol. The Kier molecular flexibility index (Phi) is 6.67. The zero-order valence-corrected chi connectivity index (χ0v) is 17.0. The minimum absolute atomic E-state index is 0.0268. The van der Waals surface area contributed by atoms with Crippen molar-refractivity contribution in [2.75, 3.05) is 17.2 Å². The van der Waals surface area contributed by atoms with E-state index < -0.39 is 0 Å². The van der Waals surface area contributed by atoms with Gasteiger partial charge in [0, 0.05) is 29.0 Å². The quantitative estimate of drug-likeness (QED) is 0.500. The van der Waals surface area contributed by atoms with E-state index in [1.54, 1.807) is 30.6 Å². The van der Waals surface area contributed by atoms with E-state index in [1.807, 2.05) is 32.0 Å². The van der Waals surface area contributed by atoms with E-state index >= 15 is 0 Å². The maximum absolute atomic E-state index is 9.64. The third-order valence-electron chi connectivity index (χ3n) is 4.19. The number of aromatic nitrogens is 3. The number of aliphatic hydroxyl groups excluding tert-OH is 1. The van der Waals surface area contributed by atoms with Crippen LogP contribution in [-0.2, 0) is 0 Å². The molecule has 1 aromatic carbocycles. The van der Waals surface area contributed by atoms with E-state index in [0.29, 0.717) is 33.2 Å². The highest BCUT2D eigenvalue weighted by Gasteiger charge is 2.15. The average Bonchev–Trinajstić information content (AvgIpc) is 2.69. The summed E-state index contributed by atoms with van der Waals surface area (Å²) in [4.78, 5) is 13.3. The van der Waals surface area contributed by atoms with Crippen molar-refractivity contribution in [2.24, 2.45) is 5.92 Å². The number of anilines is 3. The molecule has 3 aromatic rings. The van der Waals surface area contributed by atoms with Gasteiger partial charge in [0.1, 0.15) is 5.82 Å². The van der Waals surface area contributed by atoms with Crippen molar-refractivity contribution in [1.82, 2.24) is 15.0 Å². The van der Waals surface area contributed by atoms with E-state index in [2.05, 4.69) is 25.6 Å². The van der Waals surface area contributed by atoms with Crippen molar-refractivity contribution in [3.8, 4) is 11.3 Å². The molecule has 0 amide bonds. The number of aliphatic hydroxyl groups is 1. The maximum atomic E-state index is 9.64. The smallest absolute Gasteiger partial charge is 0.225 e. The lowest BCUT2D eigenvalue weighted by molar-refractivity contribution is 0.248. The van der Waals surface area contributed by atoms with Crippen LogP contribution in [0.2, 0.25) is 10.0 Å². The summed E-state index contributed by atoms with van der Waals surface area (Å²) in [6, 6.07) is 10.6. The van der Waals surface area contributed by atoms with Crippen molar-refractivity contribution >= 4 is 40.7 Å². The second-order valence-corrected chi connectivity index (χ2v) is 7.47. The van der Waals surface area contributed by atoms with Gasteiger partial charge in [-0.05, 0) is 36.2 Å². The molecule has 0 bridgehead atoms. The van der Waals surface area contributed by atoms with Gasteiger partial charge in [-0.1, -0.05) is 37.0 Å². The lowest BCUT2D eigenvalue weighted by Crippen LogP contribution is -2.30. The summed E-state index contributed by atoms with van der Waals surface area (Å²) in [6.07, 6.45) is 3.43. The molecular weight excluding hydrogens is 397 g/mol. The Balaban J connectivity index is 2.00. The van der Waals surface area contributed by atoms with Crippen LogP contribution < -0.4 is 10.6 Å². The van der Waals surface area contributed by atoms with Crippen LogP contribution in [0.3, 0.4) is 0 Å². The molecule has 2 aromatic heterocycles. The molecule has 0 saturated carbocycles. The van der Waals surface area contributed by atoms with Gasteiger partial charge in [0.25, 0.3) is 0 Å². The molecule has 0 aliphatic rings. The fraction of sp³-hybridized carbons (Fsp3) is 0.250. The summed E-state index contributed by atoms with van der Waals surface area (Å²) in [7, 11) is 0. The van der Waals surface area contributed by atoms with Crippen molar-refractivity contribution in [2.45, 2.75) is 19.9 Å². The molecule has 3 rings (SSSR count). The molecule has 3 N–H and O–H groups in total. The topological polar surface area (TPSA) is 83.0 Å². The summed E-state index contributed by atoms with van der Waals surface area (Å²) in [5.41, 5.74) is 2.17. The van der Waals surface area contributed by atoms with Gasteiger partial charge in [0.15, 0.2) is 0 Å². The molecule has 0 saturated heterocycles. The van der Waals surface area contributed by atoms with Crippen molar-refractivity contribution in [1.29, 1.82) is 0 Å². The molecule has 6 nitrogen and oxygen atoms in total. The fourth-order valence-corrected chi connectivity index (χ4v) is 2.90. The lowest BCUT2D eigenvalue weighted by atomic mass is 10.1. The Hall–Kier alpha value is -2.41. The molecular formula is C20H21Cl2N5O. The van der Waals surface area contributed by atoms with Crippen LogP contribution in [0.25, 0.3) is 11.3 Å². The van der Waals surface area contributed by atoms with Crippen LogP contribution in [0.15, 0.2) is 48.8 Å². The molecule has 0 spiro atoms. The molecule has 0 radical (unpaired) electrons. The van der Waals surface area contributed by atoms with E-state index in [-0.39, 0.29) is 18.6 Å². The second kappa shape index (κ2) is 9.19. The SMILES string of the molecule is CC(C)[C@H](CO)Nc1nc(Nc2cc(Cl)ccc2Cl)cc(-c2cccnc2)n1. The van der Waals surface area contributed by atoms with Gasteiger partial charge >= 0.3 is 0 Å². The Bertz CT molecular complexity index is 937. The summed E-state index contributed by atoms with van der Waals surface area (Å²) in [6.45, 7) is 4.01. The first-order chi connectivity index (χ1) is 13.5. The number of benzene rings is 1. The third kappa shape index (κ3) is 5.10. The first kappa shape index (κ1) is 20.3. The van der Waals surface area contributed by atoms with Crippen LogP contribution >= 0.6 is 23.2 Å². The molecule has 0 aliphatic carbocycles. The summed E-state index contributed by atoms with van der Waals surface area (Å²) in [5, 5.41) is 17.1. The fourth-order valence-electron chi connectivity index (χ4n) is 2.56. The number of nitrogens with zero attached hydrogens (tertiary/aromatic N) is 3. The highest BCUT2D eigenvalue weighted by molar-refractivity contribution is 6.35. The van der Waals surface area contributed by atoms with Gasteiger partial charge in [-0.25, -0.2) is 4.98 Å². The van der Waals surface area contributed by atoms with Gasteiger partial charge < -0.3 is 15.7 Å². The summed E-state index contributed by atoms with van der Waals surface area (Å²) >= 11 is 12.4. The Morgan fingerprint density at radius 1 is 1.11 bits per heavy atom. The molecule has 2 heterocycles. The van der Waals surface area contributed by atoms with Gasteiger partial charge in [-0.3, -0.25) is 4.98 Å². The second-order valence-electron chi connectivity index (χ2n) is 6.63. The van der Waals surface area contributed by atoms with Crippen molar-refractivity contribution in [3.63, 3.8) is 0 Å². The number of hydrogen-bond acceptors (Lipinski definition) is 6. The van der Waals surface area contributed by atoms with Crippen LogP contribution in [-0.4, -0.2) is 32.7 Å². The third-order valence-corrected chi connectivity index (χ3v) is 4.76. The molecule has 146 valence electrons. The molecule has 0 unspecified atom stereocenters. The van der Waals surface area contributed by atoms with Crippen LogP contribution in [0.5, 0.6) is 0 Å². The van der Waals surface area contributed by atoms with Gasteiger partial charge in [0.2, 0.25) is 5.95 Å². The van der Waals surface area contributed by atoms with E-state index in [0.717, 1.165) is 5.56 Å². The van der Waals surface area contributed by atoms with Crippen LogP contribution in [0.1, 0.15) is 13.8 Å². The van der Waals surface area contributed by atoms with E-state index in [9.17, 15) is 5.11 Å². The van der Waals surface area contributed by atoms with Gasteiger partial charge in [-0.15, -0.1) is 0 Å². The zero-order chi connectivity index (χ0) is 20.1. The molecule has 0 aliphatic heterocycles. The first-order valence-electron chi connectivity index (χ1n) is 8.85. The lowest BCUT2D eigenvalue weighted by Gasteiger charge is -2.21. The van der Waals surface area contributed by atoms with E-state index in [1.165, 1.54) is 0 Å². The highest BCUT2D eigenvalue weighted by atomic mass is 35.5. The predicted octanol–water partition coefficient (Wildman–Crippen LogP) is 5.02. The Labute approximate surface area is 174 Å². The minimum Gasteiger partial charge on any atom is -0.394 e. The monoisotopic (exact) mass is 417 g/mol. The van der Waals surface area contributed by atoms with E-state index in [4.69, 9.17) is 23.2 Å². The summed E-state index contributed by atoms with van der Waals surface area (Å²) in [5.74, 6) is 1.14. The zero-order valence-electron chi connectivity index (χ0n) is 15.5. The van der Waals surface area contributed by atoms with Crippen LogP contribution in [0.4, 0.5) is 17.5 Å². The Morgan fingerprint density at radius 3 is 2.61 bits per heavy atom. The largest absolute Gasteiger partial charge is 0.394 e. The summed E-state index contributed by atoms with van der Waals surface area (Å²) < 4.78 is 0. The standard InChI is InChI=1S/C20H21Cl2N5O/c1-12(2)18(11-28)26-20-25-16(13-4-3-7-23-10-13)9-19(27-20)24-17-8-14(21)5-6-15(17)22/h3-10,12,18,28H,11H2,1-2H3,(H2,24,25,26,27)/t18-/m0/s1. The van der Waals surface area contributed by atoms with Gasteiger partial charge in [-0.2, -0.15) is 4.98 Å². The molecule has 1 atom stereocenters. The number of hydrogen-bond donors (Lipinski definition) is 3. The number of halogens is 2. The van der Waals surface area contributed by atoms with Crippen molar-refractivity contribution < 1.29 is 5.11 Å². The van der Waals surface area contributed by atoms with Crippen LogP contribution in [0, 0.1) is 5.92 Å². The number of pyridine rings is 1. The van der Waals surface area contributed by atoms with Gasteiger partial charge in [0.05, 0.1) is 29.1 Å². The molecule has 8 heteroatoms. The maximum Gasteiger partial charge on any atom is 0.225 e. The number of nitrogens with one attached hydrogen (secondary N) is 2. The molecule has 0 fully saturated rings. The minimum atomic E-state index is -0.174. The highest BCUT2D eigenvalue weighted by Crippen LogP contribution is 2.29. The normalized spacial score (nSPS) is 12.1. The first-order valence-corrected chi connectivity index (χ1v) is 9.61. The van der Waals surface area contributed by atoms with Crippen molar-refractivity contribution in [3.05, 3.63) is 58.8 Å². The Morgan fingerprint density at radius 2 is 1.93 bits per heavy atom. The average molecular weight is 418 g/mol. The number of rotatable bonds is 7.